The summed E-state index contributed by atoms with van der Waals surface area (Å²) < 4.78 is 0. The van der Waals surface area contributed by atoms with Crippen molar-refractivity contribution in [2.24, 2.45) is 0 Å². The van der Waals surface area contributed by atoms with Crippen molar-refractivity contribution in [1.29, 1.82) is 0 Å². The standard InChI is InChI=1S/C22H27ClN4O2/c1-22(2,3)26-20(28)19(15-7-6-12-24-13-15)27(17-8-4-5-9-17)21(29)16-10-11-18(23)25-14-16/h6-7,10-14,17,19H,4-5,8-9H2,1-3H3,(H,26,28)/t19-/m1/s1. The van der Waals surface area contributed by atoms with E-state index in [9.17, 15) is 9.59 Å². The summed E-state index contributed by atoms with van der Waals surface area (Å²) in [6.45, 7) is 5.78. The van der Waals surface area contributed by atoms with Gasteiger partial charge in [-0.2, -0.15) is 0 Å². The van der Waals surface area contributed by atoms with Crippen LogP contribution in [-0.2, 0) is 4.79 Å². The van der Waals surface area contributed by atoms with Gasteiger partial charge in [0.15, 0.2) is 0 Å². The van der Waals surface area contributed by atoms with Gasteiger partial charge in [-0.1, -0.05) is 30.5 Å². The largest absolute Gasteiger partial charge is 0.349 e. The number of carbonyl (C=O) groups is 2. The van der Waals surface area contributed by atoms with Gasteiger partial charge in [0.1, 0.15) is 11.2 Å². The highest BCUT2D eigenvalue weighted by molar-refractivity contribution is 6.29. The number of nitrogens with one attached hydrogen (secondary N) is 1. The second kappa shape index (κ2) is 8.91. The van der Waals surface area contributed by atoms with E-state index in [1.54, 1.807) is 35.5 Å². The normalized spacial score (nSPS) is 15.7. The maximum atomic E-state index is 13.6. The molecule has 3 rings (SSSR count). The van der Waals surface area contributed by atoms with Gasteiger partial charge in [-0.3, -0.25) is 14.6 Å². The average Bonchev–Trinajstić information content (AvgIpc) is 3.19. The minimum atomic E-state index is -0.769. The minimum absolute atomic E-state index is 0.0193. The van der Waals surface area contributed by atoms with Crippen LogP contribution in [0.2, 0.25) is 5.15 Å². The van der Waals surface area contributed by atoms with Crippen LogP contribution in [0.15, 0.2) is 42.9 Å². The summed E-state index contributed by atoms with van der Waals surface area (Å²) >= 11 is 5.90. The van der Waals surface area contributed by atoms with Gasteiger partial charge in [0.25, 0.3) is 5.91 Å². The van der Waals surface area contributed by atoms with Crippen LogP contribution < -0.4 is 5.32 Å². The molecule has 2 amide bonds. The first kappa shape index (κ1) is 21.2. The molecular weight excluding hydrogens is 388 g/mol. The highest BCUT2D eigenvalue weighted by Crippen LogP contribution is 2.33. The first-order valence-corrected chi connectivity index (χ1v) is 10.3. The Balaban J connectivity index is 2.05. The molecule has 6 nitrogen and oxygen atoms in total. The molecule has 29 heavy (non-hydrogen) atoms. The fourth-order valence-corrected chi connectivity index (χ4v) is 3.85. The van der Waals surface area contributed by atoms with Crippen LogP contribution in [0, 0.1) is 0 Å². The monoisotopic (exact) mass is 414 g/mol. The van der Waals surface area contributed by atoms with E-state index in [1.807, 2.05) is 26.8 Å². The Morgan fingerprint density at radius 2 is 1.90 bits per heavy atom. The lowest BCUT2D eigenvalue weighted by Gasteiger charge is -2.37. The molecule has 2 heterocycles. The van der Waals surface area contributed by atoms with E-state index in [0.29, 0.717) is 16.3 Å². The number of hydrogen-bond donors (Lipinski definition) is 1. The number of amides is 2. The van der Waals surface area contributed by atoms with Crippen molar-refractivity contribution < 1.29 is 9.59 Å². The van der Waals surface area contributed by atoms with E-state index < -0.39 is 11.6 Å². The van der Waals surface area contributed by atoms with Crippen molar-refractivity contribution in [3.05, 3.63) is 59.1 Å². The number of halogens is 1. The van der Waals surface area contributed by atoms with Gasteiger partial charge < -0.3 is 10.2 Å². The van der Waals surface area contributed by atoms with E-state index in [1.165, 1.54) is 6.20 Å². The number of rotatable bonds is 5. The third kappa shape index (κ3) is 5.32. The third-order valence-corrected chi connectivity index (χ3v) is 5.18. The van der Waals surface area contributed by atoms with Gasteiger partial charge in [0, 0.05) is 35.7 Å². The van der Waals surface area contributed by atoms with Crippen molar-refractivity contribution in [1.82, 2.24) is 20.2 Å². The topological polar surface area (TPSA) is 75.2 Å². The molecule has 1 N–H and O–H groups in total. The predicted molar refractivity (Wildman–Crippen MR) is 113 cm³/mol. The molecule has 1 fully saturated rings. The highest BCUT2D eigenvalue weighted by Gasteiger charge is 2.39. The van der Waals surface area contributed by atoms with E-state index in [0.717, 1.165) is 25.7 Å². The van der Waals surface area contributed by atoms with E-state index in [-0.39, 0.29) is 17.9 Å². The summed E-state index contributed by atoms with van der Waals surface area (Å²) in [5, 5.41) is 3.36. The zero-order chi connectivity index (χ0) is 21.0. The van der Waals surface area contributed by atoms with Gasteiger partial charge in [0.2, 0.25) is 5.91 Å². The maximum absolute atomic E-state index is 13.6. The van der Waals surface area contributed by atoms with Gasteiger partial charge in [0.05, 0.1) is 5.56 Å². The van der Waals surface area contributed by atoms with Gasteiger partial charge in [-0.15, -0.1) is 0 Å². The first-order chi connectivity index (χ1) is 13.8. The molecule has 0 radical (unpaired) electrons. The zero-order valence-electron chi connectivity index (χ0n) is 17.1. The van der Waals surface area contributed by atoms with E-state index >= 15 is 0 Å². The van der Waals surface area contributed by atoms with Gasteiger partial charge in [-0.25, -0.2) is 4.98 Å². The molecule has 0 unspecified atom stereocenters. The van der Waals surface area contributed by atoms with E-state index in [4.69, 9.17) is 11.6 Å². The molecule has 0 aliphatic heterocycles. The van der Waals surface area contributed by atoms with E-state index in [2.05, 4.69) is 15.3 Å². The van der Waals surface area contributed by atoms with Crippen LogP contribution >= 0.6 is 11.6 Å². The van der Waals surface area contributed by atoms with Crippen molar-refractivity contribution >= 4 is 23.4 Å². The number of nitrogens with zero attached hydrogens (tertiary/aromatic N) is 3. The zero-order valence-corrected chi connectivity index (χ0v) is 17.8. The lowest BCUT2D eigenvalue weighted by Crippen LogP contribution is -2.51. The lowest BCUT2D eigenvalue weighted by molar-refractivity contribution is -0.128. The molecule has 154 valence electrons. The molecular formula is C22H27ClN4O2. The SMILES string of the molecule is CC(C)(C)NC(=O)[C@@H](c1cccnc1)N(C(=O)c1ccc(Cl)nc1)C1CCCC1. The molecule has 2 aromatic rings. The fourth-order valence-electron chi connectivity index (χ4n) is 3.74. The quantitative estimate of drug-likeness (QED) is 0.745. The molecule has 0 spiro atoms. The Hall–Kier alpha value is -2.47. The summed E-state index contributed by atoms with van der Waals surface area (Å²) in [5.74, 6) is -0.438. The minimum Gasteiger partial charge on any atom is -0.349 e. The number of pyridine rings is 2. The Kier molecular flexibility index (Phi) is 6.52. The summed E-state index contributed by atoms with van der Waals surface area (Å²) in [6, 6.07) is 6.09. The molecule has 2 aromatic heterocycles. The number of carbonyl (C=O) groups excluding carboxylic acids is 2. The van der Waals surface area contributed by atoms with Crippen molar-refractivity contribution in [2.75, 3.05) is 0 Å². The fraction of sp³-hybridized carbons (Fsp3) is 0.455. The van der Waals surface area contributed by atoms with Crippen molar-refractivity contribution in [2.45, 2.75) is 64.1 Å². The Labute approximate surface area is 176 Å². The summed E-state index contributed by atoms with van der Waals surface area (Å²) in [6.07, 6.45) is 8.59. The Morgan fingerprint density at radius 1 is 1.17 bits per heavy atom. The summed E-state index contributed by atoms with van der Waals surface area (Å²) in [4.78, 5) is 36.9. The number of hydrogen-bond acceptors (Lipinski definition) is 4. The van der Waals surface area contributed by atoms with Crippen LogP contribution in [0.25, 0.3) is 0 Å². The van der Waals surface area contributed by atoms with Crippen LogP contribution in [0.1, 0.15) is 68.4 Å². The molecule has 0 aromatic carbocycles. The van der Waals surface area contributed by atoms with Crippen LogP contribution in [0.5, 0.6) is 0 Å². The van der Waals surface area contributed by atoms with Crippen LogP contribution in [-0.4, -0.2) is 38.3 Å². The highest BCUT2D eigenvalue weighted by atomic mass is 35.5. The lowest BCUT2D eigenvalue weighted by atomic mass is 9.99. The Morgan fingerprint density at radius 3 is 2.45 bits per heavy atom. The first-order valence-electron chi connectivity index (χ1n) is 9.92. The number of aromatic nitrogens is 2. The van der Waals surface area contributed by atoms with Gasteiger partial charge >= 0.3 is 0 Å². The second-order valence-electron chi connectivity index (χ2n) is 8.45. The molecule has 1 aliphatic carbocycles. The van der Waals surface area contributed by atoms with Crippen molar-refractivity contribution in [3.8, 4) is 0 Å². The average molecular weight is 415 g/mol. The van der Waals surface area contributed by atoms with Gasteiger partial charge in [-0.05, 0) is 51.8 Å². The Bertz CT molecular complexity index is 843. The molecule has 1 aliphatic rings. The smallest absolute Gasteiger partial charge is 0.256 e. The second-order valence-corrected chi connectivity index (χ2v) is 8.84. The van der Waals surface area contributed by atoms with Crippen molar-refractivity contribution in [3.63, 3.8) is 0 Å². The predicted octanol–water partition coefficient (Wildman–Crippen LogP) is 4.17. The molecule has 1 atom stereocenters. The molecule has 1 saturated carbocycles. The summed E-state index contributed by atoms with van der Waals surface area (Å²) in [7, 11) is 0. The van der Waals surface area contributed by atoms with Crippen LogP contribution in [0.4, 0.5) is 0 Å². The molecule has 7 heteroatoms. The maximum Gasteiger partial charge on any atom is 0.256 e. The van der Waals surface area contributed by atoms with Crippen LogP contribution in [0.3, 0.4) is 0 Å². The summed E-state index contributed by atoms with van der Waals surface area (Å²) in [5.41, 5.74) is 0.680. The molecule has 0 bridgehead atoms. The third-order valence-electron chi connectivity index (χ3n) is 4.95. The molecule has 0 saturated heterocycles.